The summed E-state index contributed by atoms with van der Waals surface area (Å²) in [5, 5.41) is 38.5. The highest BCUT2D eigenvalue weighted by Crippen LogP contribution is 2.40. The maximum absolute atomic E-state index is 11.0. The van der Waals surface area contributed by atoms with E-state index in [2.05, 4.69) is 20.6 Å². The number of aryl methyl sites for hydroxylation is 1. The number of fused-ring (bicyclic) bond motifs is 1. The van der Waals surface area contributed by atoms with Crippen molar-refractivity contribution in [2.24, 2.45) is 5.92 Å². The highest BCUT2D eigenvalue weighted by atomic mass is 32.1. The second kappa shape index (κ2) is 7.63. The molecule has 9 nitrogen and oxygen atoms in total. The SMILES string of the molecule is Cc1nc(NC2CC2)nc(N[C@@H]2C[C@H](CO)[C@@H](O)[C@@]2(C)O)c1-c1nc2cnccc2s1. The highest BCUT2D eigenvalue weighted by Gasteiger charge is 2.50. The molecule has 0 bridgehead atoms. The molecule has 4 atom stereocenters. The fraction of sp³-hybridized carbons (Fsp3) is 0.524. The molecule has 0 amide bonds. The molecule has 5 N–H and O–H groups in total. The molecule has 0 spiro atoms. The maximum Gasteiger partial charge on any atom is 0.225 e. The summed E-state index contributed by atoms with van der Waals surface area (Å²) >= 11 is 1.53. The van der Waals surface area contributed by atoms with Crippen LogP contribution in [0.2, 0.25) is 0 Å². The Morgan fingerprint density at radius 2 is 2.03 bits per heavy atom. The van der Waals surface area contributed by atoms with Crippen LogP contribution >= 0.6 is 11.3 Å². The lowest BCUT2D eigenvalue weighted by atomic mass is 9.96. The monoisotopic (exact) mass is 442 g/mol. The van der Waals surface area contributed by atoms with E-state index in [1.54, 1.807) is 19.3 Å². The number of thiazole rings is 1. The number of rotatable bonds is 6. The third-order valence-electron chi connectivity index (χ3n) is 6.24. The number of aliphatic hydroxyl groups is 3. The van der Waals surface area contributed by atoms with E-state index < -0.39 is 23.7 Å². The number of nitrogens with one attached hydrogen (secondary N) is 2. The summed E-state index contributed by atoms with van der Waals surface area (Å²) in [5.41, 5.74) is 0.923. The van der Waals surface area contributed by atoms with Crippen LogP contribution in [0.15, 0.2) is 18.5 Å². The lowest BCUT2D eigenvalue weighted by Gasteiger charge is -2.30. The van der Waals surface area contributed by atoms with Crippen molar-refractivity contribution in [3.63, 3.8) is 0 Å². The Morgan fingerprint density at radius 3 is 2.71 bits per heavy atom. The average molecular weight is 443 g/mol. The lowest BCUT2D eigenvalue weighted by Crippen LogP contribution is -2.48. The largest absolute Gasteiger partial charge is 0.396 e. The Balaban J connectivity index is 1.57. The van der Waals surface area contributed by atoms with Crippen LogP contribution in [0.5, 0.6) is 0 Å². The zero-order valence-corrected chi connectivity index (χ0v) is 18.2. The first-order chi connectivity index (χ1) is 14.9. The van der Waals surface area contributed by atoms with Gasteiger partial charge in [-0.25, -0.2) is 9.97 Å². The van der Waals surface area contributed by atoms with E-state index >= 15 is 0 Å². The van der Waals surface area contributed by atoms with Crippen LogP contribution in [0.3, 0.4) is 0 Å². The summed E-state index contributed by atoms with van der Waals surface area (Å²) in [4.78, 5) is 18.3. The molecule has 2 aliphatic rings. The smallest absolute Gasteiger partial charge is 0.225 e. The predicted molar refractivity (Wildman–Crippen MR) is 119 cm³/mol. The van der Waals surface area contributed by atoms with E-state index in [0.29, 0.717) is 24.2 Å². The number of anilines is 2. The molecule has 2 saturated carbocycles. The summed E-state index contributed by atoms with van der Waals surface area (Å²) in [6.45, 7) is 3.32. The van der Waals surface area contributed by atoms with Gasteiger partial charge in [-0.3, -0.25) is 4.98 Å². The molecule has 2 fully saturated rings. The van der Waals surface area contributed by atoms with Crippen molar-refractivity contribution < 1.29 is 15.3 Å². The number of aliphatic hydroxyl groups excluding tert-OH is 2. The van der Waals surface area contributed by atoms with Crippen molar-refractivity contribution in [3.05, 3.63) is 24.2 Å². The summed E-state index contributed by atoms with van der Waals surface area (Å²) in [6.07, 6.45) is 5.05. The molecule has 0 aromatic carbocycles. The topological polar surface area (TPSA) is 136 Å². The van der Waals surface area contributed by atoms with Crippen LogP contribution in [0, 0.1) is 12.8 Å². The zero-order valence-electron chi connectivity index (χ0n) is 17.4. The molecule has 0 radical (unpaired) electrons. The molecule has 5 rings (SSSR count). The summed E-state index contributed by atoms with van der Waals surface area (Å²) in [6, 6.07) is 1.83. The number of pyridine rings is 1. The first kappa shape index (κ1) is 20.5. The van der Waals surface area contributed by atoms with E-state index in [9.17, 15) is 15.3 Å². The number of nitrogens with zero attached hydrogens (tertiary/aromatic N) is 4. The van der Waals surface area contributed by atoms with Gasteiger partial charge < -0.3 is 26.0 Å². The summed E-state index contributed by atoms with van der Waals surface area (Å²) < 4.78 is 1.01. The second-order valence-electron chi connectivity index (χ2n) is 8.68. The second-order valence-corrected chi connectivity index (χ2v) is 9.71. The normalized spacial score (nSPS) is 28.2. The molecule has 10 heteroatoms. The van der Waals surface area contributed by atoms with Crippen molar-refractivity contribution in [2.75, 3.05) is 17.2 Å². The quantitative estimate of drug-likeness (QED) is 0.388. The molecular weight excluding hydrogens is 416 g/mol. The van der Waals surface area contributed by atoms with Gasteiger partial charge in [0.1, 0.15) is 21.9 Å². The molecular formula is C21H26N6O3S. The summed E-state index contributed by atoms with van der Waals surface area (Å²) in [5.74, 6) is 0.682. The molecule has 2 aliphatic carbocycles. The Bertz CT molecular complexity index is 1080. The fourth-order valence-corrected chi connectivity index (χ4v) is 5.22. The average Bonchev–Trinajstić information content (AvgIpc) is 3.39. The van der Waals surface area contributed by atoms with Crippen LogP contribution < -0.4 is 10.6 Å². The molecule has 3 aromatic rings. The lowest BCUT2D eigenvalue weighted by molar-refractivity contribution is -0.0647. The number of hydrogen-bond donors (Lipinski definition) is 5. The molecule has 0 saturated heterocycles. The van der Waals surface area contributed by atoms with Crippen LogP contribution in [-0.4, -0.2) is 65.7 Å². The van der Waals surface area contributed by atoms with E-state index in [4.69, 9.17) is 9.97 Å². The number of hydrogen-bond acceptors (Lipinski definition) is 10. The van der Waals surface area contributed by atoms with Gasteiger partial charge in [-0.15, -0.1) is 11.3 Å². The van der Waals surface area contributed by atoms with Gasteiger partial charge >= 0.3 is 0 Å². The van der Waals surface area contributed by atoms with Gasteiger partial charge in [0, 0.05) is 24.8 Å². The third-order valence-corrected chi connectivity index (χ3v) is 7.29. The molecule has 0 aliphatic heterocycles. The third kappa shape index (κ3) is 3.73. The van der Waals surface area contributed by atoms with Crippen molar-refractivity contribution in [2.45, 2.75) is 56.9 Å². The van der Waals surface area contributed by atoms with E-state index in [0.717, 1.165) is 39.3 Å². The van der Waals surface area contributed by atoms with Crippen LogP contribution in [-0.2, 0) is 0 Å². The van der Waals surface area contributed by atoms with Crippen molar-refractivity contribution in [3.8, 4) is 10.6 Å². The van der Waals surface area contributed by atoms with E-state index in [1.807, 2.05) is 13.0 Å². The molecule has 3 heterocycles. The van der Waals surface area contributed by atoms with Gasteiger partial charge in [-0.1, -0.05) is 0 Å². The standard InChI is InChI=1S/C21H26N6O3S/c1-10-16(19-25-13-8-22-6-5-14(13)31-19)18(27-20(23-10)24-12-3-4-12)26-15-7-11(9-28)17(29)21(15,2)30/h5-6,8,11-12,15,17,28-30H,3-4,7,9H2,1-2H3,(H2,23,24,26,27)/t11-,15-,17-,21+/m1/s1. The molecule has 3 aromatic heterocycles. The molecule has 164 valence electrons. The Morgan fingerprint density at radius 1 is 1.23 bits per heavy atom. The summed E-state index contributed by atoms with van der Waals surface area (Å²) in [7, 11) is 0. The van der Waals surface area contributed by atoms with Crippen LogP contribution in [0.1, 0.15) is 31.9 Å². The Hall–Kier alpha value is -2.40. The van der Waals surface area contributed by atoms with Gasteiger partial charge in [-0.2, -0.15) is 4.98 Å². The minimum atomic E-state index is -1.41. The van der Waals surface area contributed by atoms with Crippen molar-refractivity contribution in [1.29, 1.82) is 0 Å². The zero-order chi connectivity index (χ0) is 21.8. The van der Waals surface area contributed by atoms with Crippen molar-refractivity contribution >= 4 is 33.3 Å². The maximum atomic E-state index is 11.0. The van der Waals surface area contributed by atoms with Gasteiger partial charge in [0.05, 0.1) is 34.3 Å². The van der Waals surface area contributed by atoms with Gasteiger partial charge in [0.25, 0.3) is 0 Å². The number of aromatic nitrogens is 4. The van der Waals surface area contributed by atoms with E-state index in [-0.39, 0.29) is 6.61 Å². The Kier molecular flexibility index (Phi) is 5.04. The van der Waals surface area contributed by atoms with Crippen molar-refractivity contribution in [1.82, 2.24) is 19.9 Å². The van der Waals surface area contributed by atoms with Gasteiger partial charge in [-0.05, 0) is 39.2 Å². The van der Waals surface area contributed by atoms with Gasteiger partial charge in [0.15, 0.2) is 0 Å². The first-order valence-electron chi connectivity index (χ1n) is 10.5. The van der Waals surface area contributed by atoms with Gasteiger partial charge in [0.2, 0.25) is 5.95 Å². The minimum Gasteiger partial charge on any atom is -0.396 e. The highest BCUT2D eigenvalue weighted by molar-refractivity contribution is 7.21. The van der Waals surface area contributed by atoms with Crippen LogP contribution in [0.25, 0.3) is 20.8 Å². The minimum absolute atomic E-state index is 0.190. The predicted octanol–water partition coefficient (Wildman–Crippen LogP) is 1.94. The first-order valence-corrected chi connectivity index (χ1v) is 11.3. The van der Waals surface area contributed by atoms with E-state index in [1.165, 1.54) is 11.3 Å². The van der Waals surface area contributed by atoms with Crippen LogP contribution in [0.4, 0.5) is 11.8 Å². The fourth-order valence-electron chi connectivity index (χ4n) is 4.19. The molecule has 0 unspecified atom stereocenters. The molecule has 31 heavy (non-hydrogen) atoms. The Labute approximate surface area is 183 Å².